The summed E-state index contributed by atoms with van der Waals surface area (Å²) in [5, 5.41) is 19.0. The minimum absolute atomic E-state index is 0.839. The Labute approximate surface area is 647 Å². The highest BCUT2D eigenvalue weighted by Gasteiger charge is 2.25. The van der Waals surface area contributed by atoms with Gasteiger partial charge in [0, 0.05) is 55.1 Å². The molecule has 0 saturated heterocycles. The van der Waals surface area contributed by atoms with Gasteiger partial charge in [0.25, 0.3) is 0 Å². The molecule has 0 saturated carbocycles. The van der Waals surface area contributed by atoms with Crippen LogP contribution < -0.4 is 9.80 Å². The van der Waals surface area contributed by atoms with Crippen LogP contribution in [0.4, 0.5) is 34.1 Å². The molecular weight excluding hydrogens is 1360 g/mol. The molecule has 0 N–H and O–H groups in total. The fourth-order valence-electron chi connectivity index (χ4n) is 17.8. The Morgan fingerprint density at radius 2 is 0.482 bits per heavy atom. The standard InChI is InChI=1S/C108H68N2O2/c1-4-24-83-71(19-1)22-13-30-84(83)74-45-43-69(44-46-74)70-49-58-80(59-50-70)109(101-37-10-7-27-93(101)95-35-17-41-104-107(95)97-29-9-12-40-103(97)111-104)81-60-51-75(52-61-81)87-32-16-34-90-92(87)65-56-77-47-48-78(67-99(77)90)79-57-66-98-106(68-79)112-105-42-18-36-96(108(98)105)94-28-8-11-38-102(94)110(100-39-14-23-72-20-3-6-26-88(72)100)82-62-53-76(54-63-82)86-31-15-33-89-85-25-5-2-21-73(85)55-64-91(86)89/h1-68H. The largest absolute Gasteiger partial charge is 0.456 e. The lowest BCUT2D eigenvalue weighted by Gasteiger charge is -2.29. The van der Waals surface area contributed by atoms with Crippen molar-refractivity contribution in [2.24, 2.45) is 0 Å². The van der Waals surface area contributed by atoms with E-state index in [2.05, 4.69) is 416 Å². The van der Waals surface area contributed by atoms with Crippen molar-refractivity contribution in [1.29, 1.82) is 0 Å². The predicted octanol–water partition coefficient (Wildman–Crippen LogP) is 31.0. The Balaban J connectivity index is 0.603. The number of benzene rings is 20. The number of anilines is 6. The van der Waals surface area contributed by atoms with Gasteiger partial charge in [0.2, 0.25) is 0 Å². The third-order valence-corrected chi connectivity index (χ3v) is 23.1. The Morgan fingerprint density at radius 1 is 0.152 bits per heavy atom. The van der Waals surface area contributed by atoms with Crippen molar-refractivity contribution in [3.63, 3.8) is 0 Å². The average Bonchev–Trinajstić information content (AvgIpc) is 0.848. The molecule has 112 heavy (non-hydrogen) atoms. The topological polar surface area (TPSA) is 32.8 Å². The van der Waals surface area contributed by atoms with Gasteiger partial charge >= 0.3 is 0 Å². The van der Waals surface area contributed by atoms with Crippen LogP contribution in [0, 0.1) is 0 Å². The van der Waals surface area contributed by atoms with Crippen molar-refractivity contribution in [3.05, 3.63) is 413 Å². The second-order valence-electron chi connectivity index (χ2n) is 29.3. The first kappa shape index (κ1) is 64.3. The van der Waals surface area contributed by atoms with E-state index in [-0.39, 0.29) is 0 Å². The number of furan rings is 2. The average molecular weight is 1430 g/mol. The summed E-state index contributed by atoms with van der Waals surface area (Å²) in [5.41, 5.74) is 25.8. The Morgan fingerprint density at radius 3 is 1.11 bits per heavy atom. The second kappa shape index (κ2) is 26.5. The Kier molecular flexibility index (Phi) is 15.2. The zero-order chi connectivity index (χ0) is 73.7. The molecule has 4 heteroatoms. The molecule has 0 atom stereocenters. The summed E-state index contributed by atoms with van der Waals surface area (Å²) in [7, 11) is 0. The van der Waals surface area contributed by atoms with E-state index in [4.69, 9.17) is 8.83 Å². The summed E-state index contributed by atoms with van der Waals surface area (Å²) in [5.74, 6) is 0. The van der Waals surface area contributed by atoms with Gasteiger partial charge in [0.05, 0.1) is 17.1 Å². The fraction of sp³-hybridized carbons (Fsp3) is 0. The smallest absolute Gasteiger partial charge is 0.136 e. The lowest BCUT2D eigenvalue weighted by atomic mass is 9.92. The van der Waals surface area contributed by atoms with Gasteiger partial charge in [-0.2, -0.15) is 0 Å². The number of hydrogen-bond donors (Lipinski definition) is 0. The summed E-state index contributed by atoms with van der Waals surface area (Å²) in [6.45, 7) is 0. The van der Waals surface area contributed by atoms with Crippen LogP contribution >= 0.6 is 0 Å². The first-order valence-corrected chi connectivity index (χ1v) is 38.4. The molecule has 22 rings (SSSR count). The molecule has 20 aromatic carbocycles. The van der Waals surface area contributed by atoms with E-state index >= 15 is 0 Å². The van der Waals surface area contributed by atoms with E-state index in [1.54, 1.807) is 0 Å². The van der Waals surface area contributed by atoms with Gasteiger partial charge < -0.3 is 18.6 Å². The van der Waals surface area contributed by atoms with Crippen LogP contribution in [0.2, 0.25) is 0 Å². The fourth-order valence-corrected chi connectivity index (χ4v) is 17.8. The summed E-state index contributed by atoms with van der Waals surface area (Å²) in [6.07, 6.45) is 0. The van der Waals surface area contributed by atoms with E-state index in [0.717, 1.165) is 128 Å². The van der Waals surface area contributed by atoms with E-state index in [9.17, 15) is 0 Å². The molecule has 0 spiro atoms. The van der Waals surface area contributed by atoms with Crippen molar-refractivity contribution in [2.45, 2.75) is 0 Å². The van der Waals surface area contributed by atoms with Gasteiger partial charge in [-0.1, -0.05) is 322 Å². The molecule has 0 fully saturated rings. The van der Waals surface area contributed by atoms with E-state index in [1.807, 2.05) is 6.07 Å². The van der Waals surface area contributed by atoms with Crippen molar-refractivity contribution in [1.82, 2.24) is 0 Å². The zero-order valence-corrected chi connectivity index (χ0v) is 61.0. The van der Waals surface area contributed by atoms with Gasteiger partial charge in [-0.05, 0) is 217 Å². The third kappa shape index (κ3) is 10.8. The molecule has 522 valence electrons. The maximum Gasteiger partial charge on any atom is 0.136 e. The van der Waals surface area contributed by atoms with Crippen LogP contribution in [0.1, 0.15) is 0 Å². The normalized spacial score (nSPS) is 11.8. The number of nitrogens with zero attached hydrogens (tertiary/aromatic N) is 2. The number of rotatable bonds is 13. The molecule has 0 aliphatic heterocycles. The predicted molar refractivity (Wildman–Crippen MR) is 473 cm³/mol. The molecular formula is C108H68N2O2. The summed E-state index contributed by atoms with van der Waals surface area (Å²) >= 11 is 0. The highest BCUT2D eigenvalue weighted by Crippen LogP contribution is 2.50. The second-order valence-corrected chi connectivity index (χ2v) is 29.3. The van der Waals surface area contributed by atoms with Gasteiger partial charge in [0.1, 0.15) is 22.3 Å². The van der Waals surface area contributed by atoms with Crippen LogP contribution in [0.25, 0.3) is 186 Å². The molecule has 2 aromatic heterocycles. The minimum atomic E-state index is 0.839. The molecule has 0 radical (unpaired) electrons. The van der Waals surface area contributed by atoms with Gasteiger partial charge in [0.15, 0.2) is 0 Å². The maximum absolute atomic E-state index is 6.99. The molecule has 2 heterocycles. The third-order valence-electron chi connectivity index (χ3n) is 23.1. The highest BCUT2D eigenvalue weighted by molar-refractivity contribution is 6.18. The Hall–Kier alpha value is -14.8. The highest BCUT2D eigenvalue weighted by atomic mass is 16.3. The molecule has 0 bridgehead atoms. The summed E-state index contributed by atoms with van der Waals surface area (Å²) in [6, 6.07) is 151. The van der Waals surface area contributed by atoms with E-state index in [0.29, 0.717) is 0 Å². The summed E-state index contributed by atoms with van der Waals surface area (Å²) < 4.78 is 13.5. The van der Waals surface area contributed by atoms with Crippen molar-refractivity contribution in [2.75, 3.05) is 9.80 Å². The first-order chi connectivity index (χ1) is 55.5. The molecule has 0 unspecified atom stereocenters. The van der Waals surface area contributed by atoms with Crippen LogP contribution in [0.15, 0.2) is 421 Å². The van der Waals surface area contributed by atoms with Gasteiger partial charge in [-0.15, -0.1) is 0 Å². The van der Waals surface area contributed by atoms with Gasteiger partial charge in [-0.25, -0.2) is 0 Å². The molecule has 4 nitrogen and oxygen atoms in total. The zero-order valence-electron chi connectivity index (χ0n) is 61.0. The maximum atomic E-state index is 6.99. The van der Waals surface area contributed by atoms with Crippen LogP contribution in [0.3, 0.4) is 0 Å². The van der Waals surface area contributed by atoms with Crippen molar-refractivity contribution in [3.8, 4) is 77.9 Å². The number of fused-ring (bicyclic) bond motifs is 14. The number of hydrogen-bond acceptors (Lipinski definition) is 4. The van der Waals surface area contributed by atoms with Gasteiger partial charge in [-0.3, -0.25) is 0 Å². The monoisotopic (exact) mass is 1420 g/mol. The SMILES string of the molecule is c1ccc(N(c2ccc(-c3ccc(-c4cccc5ccccc45)cc3)cc2)c2ccc(-c3cccc4c3ccc3ccc(-c5ccc6c(c5)oc5cccc(-c7ccccc7N(c7ccc(-c8cccc9c8ccc8ccccc89)cc7)c7cccc8ccccc78)c56)cc34)cc2)c(-c2cccc3oc4ccccc4c23)c1. The van der Waals surface area contributed by atoms with Crippen molar-refractivity contribution >= 4 is 143 Å². The lowest BCUT2D eigenvalue weighted by Crippen LogP contribution is -2.11. The van der Waals surface area contributed by atoms with E-state index < -0.39 is 0 Å². The molecule has 0 aliphatic carbocycles. The lowest BCUT2D eigenvalue weighted by molar-refractivity contribution is 0.668. The minimum Gasteiger partial charge on any atom is -0.456 e. The Bertz CT molecular complexity index is 7480. The summed E-state index contributed by atoms with van der Waals surface area (Å²) in [4.78, 5) is 4.85. The number of para-hydroxylation sites is 3. The van der Waals surface area contributed by atoms with E-state index in [1.165, 1.54) is 92.5 Å². The molecule has 22 aromatic rings. The van der Waals surface area contributed by atoms with Crippen LogP contribution in [-0.4, -0.2) is 0 Å². The quantitative estimate of drug-likeness (QED) is 0.108. The van der Waals surface area contributed by atoms with Crippen LogP contribution in [0.5, 0.6) is 0 Å². The van der Waals surface area contributed by atoms with Crippen molar-refractivity contribution < 1.29 is 8.83 Å². The van der Waals surface area contributed by atoms with Crippen LogP contribution in [-0.2, 0) is 0 Å². The first-order valence-electron chi connectivity index (χ1n) is 38.4. The molecule has 0 aliphatic rings. The molecule has 0 amide bonds.